The Hall–Kier alpha value is -6.17. The molecule has 0 radical (unpaired) electrons. The summed E-state index contributed by atoms with van der Waals surface area (Å²) >= 11 is -10.9. The Labute approximate surface area is 379 Å². The summed E-state index contributed by atoms with van der Waals surface area (Å²) in [5, 5.41) is 0. The fourth-order valence-corrected chi connectivity index (χ4v) is 41.9. The van der Waals surface area contributed by atoms with Gasteiger partial charge in [0.15, 0.2) is 0 Å². The van der Waals surface area contributed by atoms with Gasteiger partial charge < -0.3 is 0 Å². The summed E-state index contributed by atoms with van der Waals surface area (Å²) in [4.78, 5) is 0. The van der Waals surface area contributed by atoms with Crippen LogP contribution in [0.1, 0.15) is 0 Å². The third-order valence-electron chi connectivity index (χ3n) is 13.7. The van der Waals surface area contributed by atoms with Crippen LogP contribution in [0.25, 0.3) is 11.1 Å². The van der Waals surface area contributed by atoms with E-state index in [9.17, 15) is 0 Å². The molecule has 0 saturated carbocycles. The summed E-state index contributed by atoms with van der Waals surface area (Å²) < 4.78 is 17.5. The van der Waals surface area contributed by atoms with Crippen molar-refractivity contribution in [3.05, 3.63) is 279 Å². The average Bonchev–Trinajstić information content (AvgIpc) is 3.67. The molecule has 1 heterocycles. The molecular weight excluding hydrogens is 938 g/mol. The Bertz CT molecular complexity index is 2710. The van der Waals surface area contributed by atoms with Crippen LogP contribution in [0.2, 0.25) is 0 Å². The van der Waals surface area contributed by atoms with Crippen molar-refractivity contribution in [2.45, 2.75) is 0 Å². The summed E-state index contributed by atoms with van der Waals surface area (Å²) in [6, 6.07) is 107. The molecule has 1 aliphatic rings. The zero-order valence-corrected chi connectivity index (χ0v) is 41.4. The van der Waals surface area contributed by atoms with Crippen LogP contribution in [0, 0.1) is 0 Å². The van der Waals surface area contributed by atoms with Gasteiger partial charge in [-0.1, -0.05) is 0 Å². The van der Waals surface area contributed by atoms with Gasteiger partial charge in [0.25, 0.3) is 0 Å². The van der Waals surface area contributed by atoms with Crippen LogP contribution in [0.4, 0.5) is 0 Å². The third-order valence-corrected chi connectivity index (χ3v) is 43.9. The second kappa shape index (κ2) is 16.8. The first kappa shape index (κ1) is 39.7. The Kier molecular flexibility index (Phi) is 10.6. The van der Waals surface area contributed by atoms with Gasteiger partial charge in [0.1, 0.15) is 0 Å². The van der Waals surface area contributed by atoms with Crippen molar-refractivity contribution in [1.82, 2.24) is 0 Å². The van der Waals surface area contributed by atoms with Crippen LogP contribution in [0.3, 0.4) is 0 Å². The first-order chi connectivity index (χ1) is 31.3. The molecule has 63 heavy (non-hydrogen) atoms. The predicted octanol–water partition coefficient (Wildman–Crippen LogP) is 5.80. The van der Waals surface area contributed by atoms with Crippen LogP contribution in [0.5, 0.6) is 0 Å². The summed E-state index contributed by atoms with van der Waals surface area (Å²) in [5.41, 5.74) is 2.81. The van der Waals surface area contributed by atoms with E-state index >= 15 is 0 Å². The van der Waals surface area contributed by atoms with Crippen LogP contribution in [-0.4, -0.2) is 39.8 Å². The molecule has 0 bridgehead atoms. The standard InChI is InChI=1S/C60H46Ge3/c1-9-25-47(26-10-1)61(48-27-11-2-12-28-48,49-29-13-3-14-30-49)55-41-43-59-57(45-55)58-46-56(42-44-60(58)63(59,53-37-21-7-22-38-53)54-39-23-8-24-40-54)62(50-31-15-4-16-32-50,51-33-17-5-18-34-51)52-35-19-6-20-36-52/h1-46H. The van der Waals surface area contributed by atoms with E-state index in [4.69, 9.17) is 0 Å². The van der Waals surface area contributed by atoms with Crippen molar-refractivity contribution in [2.75, 3.05) is 0 Å². The quantitative estimate of drug-likeness (QED) is 0.152. The van der Waals surface area contributed by atoms with Gasteiger partial charge in [-0.25, -0.2) is 0 Å². The average molecular weight is 985 g/mol. The topological polar surface area (TPSA) is 0 Å². The molecule has 0 unspecified atom stereocenters. The first-order valence-electron chi connectivity index (χ1n) is 22.0. The molecule has 0 N–H and O–H groups in total. The van der Waals surface area contributed by atoms with Crippen molar-refractivity contribution in [1.29, 1.82) is 0 Å². The van der Waals surface area contributed by atoms with Gasteiger partial charge in [-0.2, -0.15) is 0 Å². The molecule has 11 rings (SSSR count). The molecular formula is C60H46Ge3. The summed E-state index contributed by atoms with van der Waals surface area (Å²) in [6.45, 7) is 0. The Morgan fingerprint density at radius 1 is 0.206 bits per heavy atom. The van der Waals surface area contributed by atoms with E-state index in [-0.39, 0.29) is 0 Å². The van der Waals surface area contributed by atoms with Gasteiger partial charge in [0.2, 0.25) is 0 Å². The first-order valence-corrected chi connectivity index (χ1v) is 34.6. The van der Waals surface area contributed by atoms with Gasteiger partial charge in [-0.15, -0.1) is 0 Å². The normalized spacial score (nSPS) is 12.9. The van der Waals surface area contributed by atoms with E-state index in [1.807, 2.05) is 0 Å². The molecule has 0 amide bonds. The van der Waals surface area contributed by atoms with E-state index in [2.05, 4.69) is 279 Å². The van der Waals surface area contributed by atoms with Crippen molar-refractivity contribution >= 4 is 92.5 Å². The summed E-state index contributed by atoms with van der Waals surface area (Å²) in [5.74, 6) is 0. The van der Waals surface area contributed by atoms with Crippen molar-refractivity contribution in [3.8, 4) is 11.1 Å². The molecule has 0 aromatic heterocycles. The Balaban J connectivity index is 1.29. The molecule has 10 aromatic rings. The van der Waals surface area contributed by atoms with Gasteiger partial charge in [0.05, 0.1) is 0 Å². The molecule has 0 spiro atoms. The monoisotopic (exact) mass is 988 g/mol. The summed E-state index contributed by atoms with van der Waals surface area (Å²) in [6.07, 6.45) is 0. The number of hydrogen-bond donors (Lipinski definition) is 0. The maximum atomic E-state index is 2.69. The van der Waals surface area contributed by atoms with E-state index in [0.717, 1.165) is 0 Å². The van der Waals surface area contributed by atoms with Crippen molar-refractivity contribution < 1.29 is 0 Å². The maximum absolute atomic E-state index is 3.64. The van der Waals surface area contributed by atoms with E-state index < -0.39 is 39.8 Å². The van der Waals surface area contributed by atoms with E-state index in [0.29, 0.717) is 0 Å². The Morgan fingerprint density at radius 2 is 0.429 bits per heavy atom. The molecule has 0 nitrogen and oxygen atoms in total. The van der Waals surface area contributed by atoms with Crippen molar-refractivity contribution in [3.63, 3.8) is 0 Å². The second-order valence-electron chi connectivity index (χ2n) is 16.7. The SMILES string of the molecule is c1cc[c]([Ge]([c]2ccccc2)([c]2ccccc2)[c]2cc[c]3c(c2)-c2c[c]([Ge]([c]4ccccc4)([c]4ccccc4)[c]4ccccc4)cc[c]2[Ge]3([c]2ccccc2)[c]2ccccc2)cc1. The molecule has 10 aromatic carbocycles. The molecule has 0 fully saturated rings. The van der Waals surface area contributed by atoms with Crippen LogP contribution in [-0.2, 0) is 0 Å². The fourth-order valence-electron chi connectivity index (χ4n) is 11.1. The molecule has 298 valence electrons. The van der Waals surface area contributed by atoms with Gasteiger partial charge in [-0.3, -0.25) is 0 Å². The Morgan fingerprint density at radius 3 is 0.667 bits per heavy atom. The van der Waals surface area contributed by atoms with E-state index in [1.54, 1.807) is 0 Å². The second-order valence-corrected chi connectivity index (χ2v) is 40.5. The minimum absolute atomic E-state index is 1.40. The fraction of sp³-hybridized carbons (Fsp3) is 0. The van der Waals surface area contributed by atoms with E-state index in [1.165, 1.54) is 63.9 Å². The summed E-state index contributed by atoms with van der Waals surface area (Å²) in [7, 11) is 0. The number of hydrogen-bond acceptors (Lipinski definition) is 0. The third kappa shape index (κ3) is 6.33. The van der Waals surface area contributed by atoms with Crippen LogP contribution >= 0.6 is 0 Å². The minimum atomic E-state index is -3.64. The van der Waals surface area contributed by atoms with Gasteiger partial charge in [0, 0.05) is 0 Å². The predicted molar refractivity (Wildman–Crippen MR) is 276 cm³/mol. The molecule has 0 aliphatic carbocycles. The van der Waals surface area contributed by atoms with Gasteiger partial charge >= 0.3 is 383 Å². The molecule has 0 atom stereocenters. The molecule has 3 heteroatoms. The number of fused-ring (bicyclic) bond motifs is 3. The van der Waals surface area contributed by atoms with Crippen molar-refractivity contribution in [2.24, 2.45) is 0 Å². The van der Waals surface area contributed by atoms with Crippen LogP contribution in [0.15, 0.2) is 279 Å². The molecule has 1 aliphatic heterocycles. The van der Waals surface area contributed by atoms with Crippen LogP contribution < -0.4 is 52.8 Å². The number of rotatable bonds is 10. The zero-order chi connectivity index (χ0) is 42.1. The zero-order valence-electron chi connectivity index (χ0n) is 35.1. The number of benzene rings is 10. The van der Waals surface area contributed by atoms with Gasteiger partial charge in [-0.05, 0) is 0 Å². The molecule has 0 saturated heterocycles.